The van der Waals surface area contributed by atoms with Crippen molar-refractivity contribution in [2.75, 3.05) is 20.7 Å². The number of benzene rings is 1. The van der Waals surface area contributed by atoms with E-state index in [0.717, 1.165) is 25.3 Å². The molecule has 3 nitrogen and oxygen atoms in total. The minimum atomic E-state index is 0.346. The zero-order valence-corrected chi connectivity index (χ0v) is 13.9. The van der Waals surface area contributed by atoms with Gasteiger partial charge in [0.15, 0.2) is 0 Å². The molecule has 1 saturated carbocycles. The van der Waals surface area contributed by atoms with Gasteiger partial charge in [0.05, 0.1) is 7.11 Å². The molecule has 0 spiro atoms. The van der Waals surface area contributed by atoms with E-state index < -0.39 is 0 Å². The van der Waals surface area contributed by atoms with Gasteiger partial charge in [0.2, 0.25) is 0 Å². The first-order valence-corrected chi connectivity index (χ1v) is 7.97. The second-order valence-electron chi connectivity index (χ2n) is 7.34. The highest BCUT2D eigenvalue weighted by atomic mass is 16.5. The molecule has 3 heteroatoms. The van der Waals surface area contributed by atoms with E-state index >= 15 is 0 Å². The van der Waals surface area contributed by atoms with Gasteiger partial charge in [0.1, 0.15) is 5.75 Å². The van der Waals surface area contributed by atoms with Gasteiger partial charge >= 0.3 is 0 Å². The molecule has 0 amide bonds. The quantitative estimate of drug-likeness (QED) is 0.904. The van der Waals surface area contributed by atoms with Gasteiger partial charge < -0.3 is 15.4 Å². The Balaban J connectivity index is 1.96. The van der Waals surface area contributed by atoms with Crippen molar-refractivity contribution in [2.24, 2.45) is 17.1 Å². The summed E-state index contributed by atoms with van der Waals surface area (Å²) in [5.74, 6) is 1.56. The normalized spacial score (nSPS) is 25.0. The van der Waals surface area contributed by atoms with Crippen molar-refractivity contribution in [3.05, 3.63) is 29.8 Å². The molecule has 2 N–H and O–H groups in total. The predicted molar refractivity (Wildman–Crippen MR) is 88.4 cm³/mol. The largest absolute Gasteiger partial charge is 0.496 e. The van der Waals surface area contributed by atoms with E-state index in [0.29, 0.717) is 17.4 Å². The van der Waals surface area contributed by atoms with Crippen LogP contribution in [0.2, 0.25) is 0 Å². The predicted octanol–water partition coefficient (Wildman–Crippen LogP) is 3.28. The fourth-order valence-corrected chi connectivity index (χ4v) is 3.55. The van der Waals surface area contributed by atoms with E-state index in [2.05, 4.69) is 37.9 Å². The third-order valence-electron chi connectivity index (χ3n) is 4.75. The van der Waals surface area contributed by atoms with Crippen LogP contribution >= 0.6 is 0 Å². The topological polar surface area (TPSA) is 38.5 Å². The van der Waals surface area contributed by atoms with Gasteiger partial charge in [0.25, 0.3) is 0 Å². The van der Waals surface area contributed by atoms with Crippen molar-refractivity contribution < 1.29 is 4.74 Å². The van der Waals surface area contributed by atoms with Gasteiger partial charge in [-0.25, -0.2) is 0 Å². The molecule has 0 heterocycles. The van der Waals surface area contributed by atoms with Gasteiger partial charge in [-0.1, -0.05) is 32.0 Å². The summed E-state index contributed by atoms with van der Waals surface area (Å²) in [6.45, 7) is 6.70. The van der Waals surface area contributed by atoms with Crippen molar-refractivity contribution in [2.45, 2.75) is 45.7 Å². The number of ether oxygens (including phenoxy) is 1. The monoisotopic (exact) mass is 290 g/mol. The molecule has 1 aromatic rings. The summed E-state index contributed by atoms with van der Waals surface area (Å²) in [5, 5.41) is 0. The SMILES string of the molecule is COc1ccccc1CN(C)CC1CC(C)(C)CCC1N. The Bertz CT molecular complexity index is 458. The van der Waals surface area contributed by atoms with Crippen LogP contribution in [-0.4, -0.2) is 31.6 Å². The van der Waals surface area contributed by atoms with E-state index in [1.165, 1.54) is 18.4 Å². The van der Waals surface area contributed by atoms with Crippen LogP contribution in [0.5, 0.6) is 5.75 Å². The van der Waals surface area contributed by atoms with Crippen LogP contribution in [0, 0.1) is 11.3 Å². The number of para-hydroxylation sites is 1. The molecule has 0 aliphatic heterocycles. The zero-order valence-electron chi connectivity index (χ0n) is 13.9. The molecule has 1 aliphatic rings. The van der Waals surface area contributed by atoms with Gasteiger partial charge in [0, 0.05) is 24.7 Å². The first-order chi connectivity index (χ1) is 9.91. The number of hydrogen-bond donors (Lipinski definition) is 1. The van der Waals surface area contributed by atoms with E-state index in [4.69, 9.17) is 10.5 Å². The Kier molecular flexibility index (Phi) is 5.28. The molecule has 1 aromatic carbocycles. The molecule has 2 unspecified atom stereocenters. The highest BCUT2D eigenvalue weighted by Gasteiger charge is 2.33. The lowest BCUT2D eigenvalue weighted by atomic mass is 9.70. The Morgan fingerprint density at radius 3 is 2.76 bits per heavy atom. The van der Waals surface area contributed by atoms with Crippen LogP contribution in [0.15, 0.2) is 24.3 Å². The lowest BCUT2D eigenvalue weighted by Crippen LogP contribution is -2.44. The molecular weight excluding hydrogens is 260 g/mol. The molecular formula is C18H30N2O. The van der Waals surface area contributed by atoms with Gasteiger partial charge in [-0.05, 0) is 43.7 Å². The first-order valence-electron chi connectivity index (χ1n) is 7.97. The second-order valence-corrected chi connectivity index (χ2v) is 7.34. The highest BCUT2D eigenvalue weighted by molar-refractivity contribution is 5.33. The summed E-state index contributed by atoms with van der Waals surface area (Å²) < 4.78 is 5.44. The maximum absolute atomic E-state index is 6.35. The fraction of sp³-hybridized carbons (Fsp3) is 0.667. The summed E-state index contributed by atoms with van der Waals surface area (Å²) in [7, 11) is 3.92. The van der Waals surface area contributed by atoms with Crippen LogP contribution < -0.4 is 10.5 Å². The van der Waals surface area contributed by atoms with Gasteiger partial charge in [-0.2, -0.15) is 0 Å². The number of nitrogens with two attached hydrogens (primary N) is 1. The minimum Gasteiger partial charge on any atom is -0.496 e. The summed E-state index contributed by atoms with van der Waals surface area (Å²) in [5.41, 5.74) is 8.02. The van der Waals surface area contributed by atoms with Crippen molar-refractivity contribution in [1.82, 2.24) is 4.90 Å². The molecule has 0 bridgehead atoms. The molecule has 21 heavy (non-hydrogen) atoms. The number of nitrogens with zero attached hydrogens (tertiary/aromatic N) is 1. The van der Waals surface area contributed by atoms with Gasteiger partial charge in [-0.3, -0.25) is 0 Å². The minimum absolute atomic E-state index is 0.346. The first kappa shape index (κ1) is 16.3. The molecule has 1 aliphatic carbocycles. The fourth-order valence-electron chi connectivity index (χ4n) is 3.55. The average Bonchev–Trinajstić information content (AvgIpc) is 2.43. The third kappa shape index (κ3) is 4.45. The Morgan fingerprint density at radius 1 is 1.33 bits per heavy atom. The van der Waals surface area contributed by atoms with Crippen molar-refractivity contribution in [3.8, 4) is 5.75 Å². The van der Waals surface area contributed by atoms with Crippen LogP contribution in [-0.2, 0) is 6.54 Å². The molecule has 0 radical (unpaired) electrons. The number of methoxy groups -OCH3 is 1. The summed E-state index contributed by atoms with van der Waals surface area (Å²) in [6, 6.07) is 8.60. The van der Waals surface area contributed by atoms with E-state index in [-0.39, 0.29) is 0 Å². The summed E-state index contributed by atoms with van der Waals surface area (Å²) in [6.07, 6.45) is 3.63. The van der Waals surface area contributed by atoms with Crippen molar-refractivity contribution >= 4 is 0 Å². The van der Waals surface area contributed by atoms with Crippen LogP contribution in [0.25, 0.3) is 0 Å². The van der Waals surface area contributed by atoms with Crippen LogP contribution in [0.1, 0.15) is 38.7 Å². The lowest BCUT2D eigenvalue weighted by molar-refractivity contribution is 0.122. The molecule has 0 aromatic heterocycles. The Hall–Kier alpha value is -1.06. The highest BCUT2D eigenvalue weighted by Crippen LogP contribution is 2.38. The number of rotatable bonds is 5. The van der Waals surface area contributed by atoms with E-state index in [1.54, 1.807) is 7.11 Å². The Labute approximate surface area is 129 Å². The lowest BCUT2D eigenvalue weighted by Gasteiger charge is -2.40. The number of hydrogen-bond acceptors (Lipinski definition) is 3. The smallest absolute Gasteiger partial charge is 0.123 e. The molecule has 2 rings (SSSR count). The van der Waals surface area contributed by atoms with Gasteiger partial charge in [-0.15, -0.1) is 0 Å². The van der Waals surface area contributed by atoms with E-state index in [1.807, 2.05) is 12.1 Å². The van der Waals surface area contributed by atoms with E-state index in [9.17, 15) is 0 Å². The standard InChI is InChI=1S/C18H30N2O/c1-18(2)10-9-16(19)15(11-18)13-20(3)12-14-7-5-6-8-17(14)21-4/h5-8,15-16H,9-13,19H2,1-4H3. The van der Waals surface area contributed by atoms with Crippen LogP contribution in [0.4, 0.5) is 0 Å². The average molecular weight is 290 g/mol. The maximum atomic E-state index is 6.35. The molecule has 2 atom stereocenters. The zero-order chi connectivity index (χ0) is 15.5. The second kappa shape index (κ2) is 6.80. The summed E-state index contributed by atoms with van der Waals surface area (Å²) >= 11 is 0. The molecule has 0 saturated heterocycles. The summed E-state index contributed by atoms with van der Waals surface area (Å²) in [4.78, 5) is 2.38. The third-order valence-corrected chi connectivity index (χ3v) is 4.75. The molecule has 1 fully saturated rings. The van der Waals surface area contributed by atoms with Crippen LogP contribution in [0.3, 0.4) is 0 Å². The molecule has 118 valence electrons. The Morgan fingerprint density at radius 2 is 2.05 bits per heavy atom. The maximum Gasteiger partial charge on any atom is 0.123 e. The van der Waals surface area contributed by atoms with Crippen molar-refractivity contribution in [3.63, 3.8) is 0 Å². The van der Waals surface area contributed by atoms with Crippen molar-refractivity contribution in [1.29, 1.82) is 0 Å².